The number of carbonyl (C=O) groups is 1. The van der Waals surface area contributed by atoms with Crippen LogP contribution in [0.1, 0.15) is 11.1 Å². The molecule has 0 aliphatic rings. The van der Waals surface area contributed by atoms with E-state index in [1.807, 2.05) is 68.7 Å². The number of hydrogen-bond donors (Lipinski definition) is 2. The van der Waals surface area contributed by atoms with Gasteiger partial charge in [0.1, 0.15) is 12.4 Å². The van der Waals surface area contributed by atoms with Crippen LogP contribution in [0.15, 0.2) is 54.6 Å². The first-order valence-electron chi connectivity index (χ1n) is 8.49. The fourth-order valence-electron chi connectivity index (χ4n) is 2.40. The van der Waals surface area contributed by atoms with Gasteiger partial charge in [0.2, 0.25) is 5.91 Å². The maximum absolute atomic E-state index is 12.3. The van der Waals surface area contributed by atoms with Gasteiger partial charge in [-0.3, -0.25) is 4.79 Å². The minimum absolute atomic E-state index is 0.160. The molecule has 0 saturated heterocycles. The maximum Gasteiger partial charge on any atom is 0.237 e. The SMILES string of the molecule is CN(C)CCOc1ccccc1CNC(=O)C(N)Cc1ccccc1. The van der Waals surface area contributed by atoms with Crippen molar-refractivity contribution in [3.05, 3.63) is 65.7 Å². The molecule has 2 aromatic carbocycles. The highest BCUT2D eigenvalue weighted by molar-refractivity contribution is 5.81. The summed E-state index contributed by atoms with van der Waals surface area (Å²) in [5, 5.41) is 2.90. The third-order valence-electron chi connectivity index (χ3n) is 3.86. The largest absolute Gasteiger partial charge is 0.492 e. The van der Waals surface area contributed by atoms with E-state index in [4.69, 9.17) is 10.5 Å². The fraction of sp³-hybridized carbons (Fsp3) is 0.350. The number of nitrogens with zero attached hydrogens (tertiary/aromatic N) is 1. The Morgan fingerprint density at radius 2 is 1.80 bits per heavy atom. The van der Waals surface area contributed by atoms with Crippen LogP contribution in [0.4, 0.5) is 0 Å². The molecule has 0 heterocycles. The first-order chi connectivity index (χ1) is 12.1. The second kappa shape index (κ2) is 9.81. The molecule has 3 N–H and O–H groups in total. The second-order valence-electron chi connectivity index (χ2n) is 6.27. The molecule has 0 fully saturated rings. The van der Waals surface area contributed by atoms with Gasteiger partial charge in [-0.1, -0.05) is 48.5 Å². The van der Waals surface area contributed by atoms with Gasteiger partial charge in [0.05, 0.1) is 6.04 Å². The van der Waals surface area contributed by atoms with Crippen LogP contribution in [0, 0.1) is 0 Å². The van der Waals surface area contributed by atoms with Crippen LogP contribution in [0.25, 0.3) is 0 Å². The molecule has 5 heteroatoms. The molecule has 0 aromatic heterocycles. The summed E-state index contributed by atoms with van der Waals surface area (Å²) in [4.78, 5) is 14.3. The first kappa shape index (κ1) is 19.0. The van der Waals surface area contributed by atoms with Crippen molar-refractivity contribution in [2.24, 2.45) is 5.73 Å². The van der Waals surface area contributed by atoms with Gasteiger partial charge in [0.25, 0.3) is 0 Å². The molecule has 0 saturated carbocycles. The van der Waals surface area contributed by atoms with Crippen molar-refractivity contribution in [3.8, 4) is 5.75 Å². The quantitative estimate of drug-likeness (QED) is 0.730. The van der Waals surface area contributed by atoms with E-state index in [0.717, 1.165) is 23.4 Å². The fourth-order valence-corrected chi connectivity index (χ4v) is 2.40. The molecular weight excluding hydrogens is 314 g/mol. The highest BCUT2D eigenvalue weighted by atomic mass is 16.5. The molecule has 0 bridgehead atoms. The van der Waals surface area contributed by atoms with Crippen molar-refractivity contribution < 1.29 is 9.53 Å². The molecule has 1 unspecified atom stereocenters. The zero-order valence-electron chi connectivity index (χ0n) is 14.9. The lowest BCUT2D eigenvalue weighted by Crippen LogP contribution is -2.41. The predicted octanol–water partition coefficient (Wildman–Crippen LogP) is 1.81. The van der Waals surface area contributed by atoms with Crippen molar-refractivity contribution >= 4 is 5.91 Å². The van der Waals surface area contributed by atoms with Gasteiger partial charge in [-0.05, 0) is 32.1 Å². The van der Waals surface area contributed by atoms with Gasteiger partial charge in [-0.2, -0.15) is 0 Å². The summed E-state index contributed by atoms with van der Waals surface area (Å²) < 4.78 is 5.81. The van der Waals surface area contributed by atoms with Crippen molar-refractivity contribution in [2.45, 2.75) is 19.0 Å². The monoisotopic (exact) mass is 341 g/mol. The van der Waals surface area contributed by atoms with Gasteiger partial charge in [0, 0.05) is 18.7 Å². The van der Waals surface area contributed by atoms with Gasteiger partial charge < -0.3 is 20.7 Å². The van der Waals surface area contributed by atoms with E-state index < -0.39 is 6.04 Å². The molecule has 1 amide bonds. The number of benzene rings is 2. The summed E-state index contributed by atoms with van der Waals surface area (Å²) in [6.07, 6.45) is 0.521. The molecule has 5 nitrogen and oxygen atoms in total. The molecule has 0 radical (unpaired) electrons. The molecular formula is C20H27N3O2. The highest BCUT2D eigenvalue weighted by Crippen LogP contribution is 2.17. The van der Waals surface area contributed by atoms with Gasteiger partial charge in [0.15, 0.2) is 0 Å². The van der Waals surface area contributed by atoms with Crippen LogP contribution in [0.2, 0.25) is 0 Å². The average molecular weight is 341 g/mol. The Morgan fingerprint density at radius 3 is 2.52 bits per heavy atom. The number of nitrogens with one attached hydrogen (secondary N) is 1. The Kier molecular flexibility index (Phi) is 7.44. The first-order valence-corrected chi connectivity index (χ1v) is 8.49. The normalized spacial score (nSPS) is 12.0. The molecule has 2 aromatic rings. The molecule has 1 atom stereocenters. The standard InChI is InChI=1S/C20H27N3O2/c1-23(2)12-13-25-19-11-7-6-10-17(19)15-22-20(24)18(21)14-16-8-4-3-5-9-16/h3-11,18H,12-15,21H2,1-2H3,(H,22,24). The minimum atomic E-state index is -0.566. The Morgan fingerprint density at radius 1 is 1.12 bits per heavy atom. The lowest BCUT2D eigenvalue weighted by atomic mass is 10.1. The van der Waals surface area contributed by atoms with E-state index in [9.17, 15) is 4.79 Å². The van der Waals surface area contributed by atoms with E-state index in [0.29, 0.717) is 19.6 Å². The van der Waals surface area contributed by atoms with Crippen LogP contribution < -0.4 is 15.8 Å². The van der Waals surface area contributed by atoms with Crippen LogP contribution in [0.5, 0.6) is 5.75 Å². The van der Waals surface area contributed by atoms with E-state index in [-0.39, 0.29) is 5.91 Å². The van der Waals surface area contributed by atoms with E-state index in [2.05, 4.69) is 10.2 Å². The Labute approximate surface area is 149 Å². The number of hydrogen-bond acceptors (Lipinski definition) is 4. The highest BCUT2D eigenvalue weighted by Gasteiger charge is 2.14. The van der Waals surface area contributed by atoms with E-state index in [1.165, 1.54) is 0 Å². The molecule has 0 aliphatic heterocycles. The Bertz CT molecular complexity index is 659. The summed E-state index contributed by atoms with van der Waals surface area (Å²) >= 11 is 0. The van der Waals surface area contributed by atoms with Crippen LogP contribution in [-0.2, 0) is 17.8 Å². The van der Waals surface area contributed by atoms with Gasteiger partial charge in [-0.15, -0.1) is 0 Å². The number of carbonyl (C=O) groups excluding carboxylic acids is 1. The number of amides is 1. The van der Waals surface area contributed by atoms with Crippen LogP contribution in [-0.4, -0.2) is 44.1 Å². The summed E-state index contributed by atoms with van der Waals surface area (Å²) in [5.74, 6) is 0.633. The second-order valence-corrected chi connectivity index (χ2v) is 6.27. The average Bonchev–Trinajstić information content (AvgIpc) is 2.61. The van der Waals surface area contributed by atoms with Gasteiger partial charge in [-0.25, -0.2) is 0 Å². The zero-order chi connectivity index (χ0) is 18.1. The zero-order valence-corrected chi connectivity index (χ0v) is 14.9. The van der Waals surface area contributed by atoms with Crippen molar-refractivity contribution in [3.63, 3.8) is 0 Å². The molecule has 0 aliphatic carbocycles. The predicted molar refractivity (Wildman–Crippen MR) is 100 cm³/mol. The lowest BCUT2D eigenvalue weighted by molar-refractivity contribution is -0.122. The number of para-hydroxylation sites is 1. The molecule has 2 rings (SSSR count). The topological polar surface area (TPSA) is 67.6 Å². The number of ether oxygens (including phenoxy) is 1. The molecule has 134 valence electrons. The third kappa shape index (κ3) is 6.57. The summed E-state index contributed by atoms with van der Waals surface area (Å²) in [5.41, 5.74) is 8.02. The minimum Gasteiger partial charge on any atom is -0.492 e. The number of nitrogens with two attached hydrogens (primary N) is 1. The number of rotatable bonds is 9. The van der Waals surface area contributed by atoms with Crippen LogP contribution in [0.3, 0.4) is 0 Å². The summed E-state index contributed by atoms with van der Waals surface area (Å²) in [7, 11) is 4.01. The molecule has 0 spiro atoms. The smallest absolute Gasteiger partial charge is 0.237 e. The summed E-state index contributed by atoms with van der Waals surface area (Å²) in [6, 6.07) is 17.0. The Balaban J connectivity index is 1.86. The van der Waals surface area contributed by atoms with Crippen molar-refractivity contribution in [1.29, 1.82) is 0 Å². The number of likely N-dealkylation sites (N-methyl/N-ethyl adjacent to an activating group) is 1. The summed E-state index contributed by atoms with van der Waals surface area (Å²) in [6.45, 7) is 1.84. The molecule has 25 heavy (non-hydrogen) atoms. The van der Waals surface area contributed by atoms with Crippen molar-refractivity contribution in [1.82, 2.24) is 10.2 Å². The maximum atomic E-state index is 12.3. The van der Waals surface area contributed by atoms with E-state index >= 15 is 0 Å². The van der Waals surface area contributed by atoms with Crippen molar-refractivity contribution in [2.75, 3.05) is 27.2 Å². The van der Waals surface area contributed by atoms with Crippen LogP contribution >= 0.6 is 0 Å². The van der Waals surface area contributed by atoms with Gasteiger partial charge >= 0.3 is 0 Å². The lowest BCUT2D eigenvalue weighted by Gasteiger charge is -2.16. The third-order valence-corrected chi connectivity index (χ3v) is 3.86. The van der Waals surface area contributed by atoms with E-state index in [1.54, 1.807) is 0 Å². The Hall–Kier alpha value is -2.37.